The molecule has 1 aliphatic rings. The number of methoxy groups -OCH3 is 1. The Kier molecular flexibility index (Phi) is 5.07. The molecule has 2 heterocycles. The smallest absolute Gasteiger partial charge is 0.371 e. The van der Waals surface area contributed by atoms with Gasteiger partial charge in [0.05, 0.1) is 6.61 Å². The van der Waals surface area contributed by atoms with Gasteiger partial charge in [0.15, 0.2) is 4.67 Å². The number of rotatable bonds is 5. The van der Waals surface area contributed by atoms with Gasteiger partial charge in [-0.2, -0.15) is 4.31 Å². The number of sulfonamides is 1. The lowest BCUT2D eigenvalue weighted by molar-refractivity contribution is 0.0661. The summed E-state index contributed by atoms with van der Waals surface area (Å²) in [6.45, 7) is 1.26. The van der Waals surface area contributed by atoms with Crippen LogP contribution in [0.5, 0.6) is 0 Å². The van der Waals surface area contributed by atoms with Crippen molar-refractivity contribution in [3.63, 3.8) is 0 Å². The fraction of sp³-hybridized carbons (Fsp3) is 0.583. The van der Waals surface area contributed by atoms with Crippen LogP contribution in [0.15, 0.2) is 20.0 Å². The molecule has 1 aromatic rings. The Bertz CT molecular complexity index is 624. The molecule has 0 saturated carbocycles. The first kappa shape index (κ1) is 16.5. The molecule has 7 nitrogen and oxygen atoms in total. The summed E-state index contributed by atoms with van der Waals surface area (Å²) < 4.78 is 36.4. The van der Waals surface area contributed by atoms with Crippen molar-refractivity contribution in [1.82, 2.24) is 4.31 Å². The number of carboxylic acids is 1. The molecular formula is C12H16BrNO6S. The van der Waals surface area contributed by atoms with E-state index in [4.69, 9.17) is 14.3 Å². The number of nitrogens with zero attached hydrogens (tertiary/aromatic N) is 1. The van der Waals surface area contributed by atoms with Gasteiger partial charge in [-0.3, -0.25) is 0 Å². The number of hydrogen-bond donors (Lipinski definition) is 1. The third kappa shape index (κ3) is 3.47. The van der Waals surface area contributed by atoms with E-state index in [1.54, 1.807) is 7.11 Å². The highest BCUT2D eigenvalue weighted by molar-refractivity contribution is 9.10. The summed E-state index contributed by atoms with van der Waals surface area (Å²) >= 11 is 2.97. The minimum atomic E-state index is -3.78. The van der Waals surface area contributed by atoms with Gasteiger partial charge in [0.2, 0.25) is 15.8 Å². The van der Waals surface area contributed by atoms with E-state index in [0.717, 1.165) is 18.9 Å². The Labute approximate surface area is 131 Å². The third-order valence-corrected chi connectivity index (χ3v) is 6.09. The quantitative estimate of drug-likeness (QED) is 0.834. The van der Waals surface area contributed by atoms with Crippen LogP contribution in [0.3, 0.4) is 0 Å². The van der Waals surface area contributed by atoms with Gasteiger partial charge >= 0.3 is 5.97 Å². The van der Waals surface area contributed by atoms with E-state index in [1.165, 1.54) is 4.31 Å². The number of furan rings is 1. The number of carbonyl (C=O) groups is 1. The topological polar surface area (TPSA) is 97.0 Å². The Hall–Kier alpha value is -0.900. The average Bonchev–Trinajstić information content (AvgIpc) is 2.82. The van der Waals surface area contributed by atoms with Gasteiger partial charge < -0.3 is 14.3 Å². The van der Waals surface area contributed by atoms with Crippen molar-refractivity contribution in [2.45, 2.75) is 17.7 Å². The lowest BCUT2D eigenvalue weighted by Crippen LogP contribution is -2.41. The lowest BCUT2D eigenvalue weighted by Gasteiger charge is -2.31. The van der Waals surface area contributed by atoms with Gasteiger partial charge in [-0.1, -0.05) is 0 Å². The molecule has 0 bridgehead atoms. The van der Waals surface area contributed by atoms with Gasteiger partial charge in [0, 0.05) is 26.3 Å². The Morgan fingerprint density at radius 2 is 2.33 bits per heavy atom. The highest BCUT2D eigenvalue weighted by Crippen LogP contribution is 2.31. The number of carboxylic acid groups (broad SMARTS) is 1. The summed E-state index contributed by atoms with van der Waals surface area (Å²) in [5, 5.41) is 8.87. The zero-order chi connectivity index (χ0) is 15.6. The van der Waals surface area contributed by atoms with Crippen LogP contribution in [0.4, 0.5) is 0 Å². The fourth-order valence-corrected chi connectivity index (χ4v) is 4.85. The van der Waals surface area contributed by atoms with Crippen LogP contribution in [0.2, 0.25) is 0 Å². The van der Waals surface area contributed by atoms with Crippen molar-refractivity contribution in [3.8, 4) is 0 Å². The summed E-state index contributed by atoms with van der Waals surface area (Å²) in [6, 6.07) is 1.03. The van der Waals surface area contributed by atoms with Crippen molar-refractivity contribution in [2.75, 3.05) is 26.8 Å². The average molecular weight is 382 g/mol. The largest absolute Gasteiger partial charge is 0.475 e. The molecule has 0 aromatic carbocycles. The molecular weight excluding hydrogens is 366 g/mol. The maximum Gasteiger partial charge on any atom is 0.371 e. The SMILES string of the molecule is COCC1CCCN(S(=O)(=O)c2cc(C(=O)O)oc2Br)C1. The lowest BCUT2D eigenvalue weighted by atomic mass is 10.0. The maximum atomic E-state index is 12.6. The molecule has 1 aliphatic heterocycles. The van der Waals surface area contributed by atoms with Crippen molar-refractivity contribution in [1.29, 1.82) is 0 Å². The maximum absolute atomic E-state index is 12.6. The minimum Gasteiger partial charge on any atom is -0.475 e. The van der Waals surface area contributed by atoms with Gasteiger partial charge in [-0.15, -0.1) is 0 Å². The summed E-state index contributed by atoms with van der Waals surface area (Å²) in [4.78, 5) is 10.7. The molecule has 0 amide bonds. The van der Waals surface area contributed by atoms with E-state index in [1.807, 2.05) is 0 Å². The van der Waals surface area contributed by atoms with Crippen molar-refractivity contribution < 1.29 is 27.5 Å². The van der Waals surface area contributed by atoms with Crippen LogP contribution < -0.4 is 0 Å². The molecule has 1 N–H and O–H groups in total. The van der Waals surface area contributed by atoms with Crippen LogP contribution in [-0.2, 0) is 14.8 Å². The number of hydrogen-bond acceptors (Lipinski definition) is 5. The Balaban J connectivity index is 2.27. The minimum absolute atomic E-state index is 0.0891. The van der Waals surface area contributed by atoms with E-state index in [9.17, 15) is 13.2 Å². The first-order valence-electron chi connectivity index (χ1n) is 6.38. The zero-order valence-electron chi connectivity index (χ0n) is 11.4. The first-order chi connectivity index (χ1) is 9.86. The van der Waals surface area contributed by atoms with Gasteiger partial charge in [-0.25, -0.2) is 13.2 Å². The zero-order valence-corrected chi connectivity index (χ0v) is 13.8. The van der Waals surface area contributed by atoms with E-state index < -0.39 is 21.8 Å². The van der Waals surface area contributed by atoms with E-state index in [0.29, 0.717) is 19.7 Å². The van der Waals surface area contributed by atoms with Crippen LogP contribution >= 0.6 is 15.9 Å². The van der Waals surface area contributed by atoms with E-state index in [-0.39, 0.29) is 15.5 Å². The van der Waals surface area contributed by atoms with Gasteiger partial charge in [0.25, 0.3) is 0 Å². The molecule has 1 atom stereocenters. The molecule has 9 heteroatoms. The number of piperidine rings is 1. The van der Waals surface area contributed by atoms with E-state index >= 15 is 0 Å². The van der Waals surface area contributed by atoms with Crippen LogP contribution in [0.1, 0.15) is 23.4 Å². The highest BCUT2D eigenvalue weighted by atomic mass is 79.9. The molecule has 1 unspecified atom stereocenters. The molecule has 1 aromatic heterocycles. The predicted octanol–water partition coefficient (Wildman–Crippen LogP) is 1.79. The fourth-order valence-electron chi connectivity index (χ4n) is 2.39. The second-order valence-corrected chi connectivity index (χ2v) is 7.51. The molecule has 0 spiro atoms. The second-order valence-electron chi connectivity index (χ2n) is 4.88. The molecule has 1 saturated heterocycles. The summed E-state index contributed by atoms with van der Waals surface area (Å²) in [7, 11) is -2.20. The molecule has 1 fully saturated rings. The molecule has 118 valence electrons. The molecule has 21 heavy (non-hydrogen) atoms. The van der Waals surface area contributed by atoms with Crippen LogP contribution in [-0.4, -0.2) is 50.6 Å². The van der Waals surface area contributed by atoms with Crippen molar-refractivity contribution in [3.05, 3.63) is 16.5 Å². The molecule has 2 rings (SSSR count). The Morgan fingerprint density at radius 1 is 1.62 bits per heavy atom. The second kappa shape index (κ2) is 6.47. The molecule has 0 radical (unpaired) electrons. The monoisotopic (exact) mass is 381 g/mol. The van der Waals surface area contributed by atoms with Gasteiger partial charge in [0.1, 0.15) is 4.90 Å². The Morgan fingerprint density at radius 3 is 2.90 bits per heavy atom. The summed E-state index contributed by atoms with van der Waals surface area (Å²) in [6.07, 6.45) is 1.65. The summed E-state index contributed by atoms with van der Waals surface area (Å²) in [5.41, 5.74) is 0. The van der Waals surface area contributed by atoms with Crippen LogP contribution in [0.25, 0.3) is 0 Å². The standard InChI is InChI=1S/C12H16BrNO6S/c1-19-7-8-3-2-4-14(6-8)21(17,18)10-5-9(12(15)16)20-11(10)13/h5,8H,2-4,6-7H2,1H3,(H,15,16). The van der Waals surface area contributed by atoms with Crippen LogP contribution in [0, 0.1) is 5.92 Å². The number of ether oxygens (including phenoxy) is 1. The normalized spacial score (nSPS) is 20.6. The molecule has 0 aliphatic carbocycles. The highest BCUT2D eigenvalue weighted by Gasteiger charge is 2.34. The third-order valence-electron chi connectivity index (χ3n) is 3.37. The first-order valence-corrected chi connectivity index (χ1v) is 8.61. The number of aromatic carboxylic acids is 1. The van der Waals surface area contributed by atoms with E-state index in [2.05, 4.69) is 15.9 Å². The van der Waals surface area contributed by atoms with Crippen molar-refractivity contribution >= 4 is 31.9 Å². The predicted molar refractivity (Wildman–Crippen MR) is 76.7 cm³/mol. The number of halogens is 1. The van der Waals surface area contributed by atoms with Gasteiger partial charge in [-0.05, 0) is 34.7 Å². The summed E-state index contributed by atoms with van der Waals surface area (Å²) in [5.74, 6) is -1.58. The van der Waals surface area contributed by atoms with Crippen molar-refractivity contribution in [2.24, 2.45) is 5.92 Å².